The largest absolute Gasteiger partial charge is 0.478 e. The van der Waals surface area contributed by atoms with Crippen molar-refractivity contribution in [1.29, 1.82) is 0 Å². The molecule has 0 spiro atoms. The summed E-state index contributed by atoms with van der Waals surface area (Å²) in [6.07, 6.45) is 1.26. The van der Waals surface area contributed by atoms with Gasteiger partial charge in [0.15, 0.2) is 0 Å². The molecule has 0 saturated heterocycles. The molecule has 0 fully saturated rings. The molecule has 19 heavy (non-hydrogen) atoms. The van der Waals surface area contributed by atoms with Crippen LogP contribution in [0.4, 0.5) is 0 Å². The van der Waals surface area contributed by atoms with Crippen molar-refractivity contribution in [1.82, 2.24) is 4.98 Å². The van der Waals surface area contributed by atoms with Crippen molar-refractivity contribution in [3.63, 3.8) is 0 Å². The minimum absolute atomic E-state index is 0.122. The van der Waals surface area contributed by atoms with E-state index in [1.54, 1.807) is 12.1 Å². The first-order chi connectivity index (χ1) is 8.97. The Hall–Kier alpha value is -2.07. The molecule has 0 atom stereocenters. The van der Waals surface area contributed by atoms with E-state index in [2.05, 4.69) is 4.98 Å². The summed E-state index contributed by atoms with van der Waals surface area (Å²) >= 11 is 5.94. The zero-order chi connectivity index (χ0) is 14.0. The number of nitrogens with zero attached hydrogens (tertiary/aromatic N) is 1. The normalized spacial score (nSPS) is 10.3. The van der Waals surface area contributed by atoms with Crippen molar-refractivity contribution in [2.24, 2.45) is 0 Å². The minimum atomic E-state index is -1.02. The summed E-state index contributed by atoms with van der Waals surface area (Å²) in [6, 6.07) is 6.58. The molecule has 0 bridgehead atoms. The zero-order valence-corrected chi connectivity index (χ0v) is 11.2. The van der Waals surface area contributed by atoms with Crippen LogP contribution >= 0.6 is 11.6 Å². The molecule has 0 unspecified atom stereocenters. The molecule has 98 valence electrons. The van der Waals surface area contributed by atoms with Crippen LogP contribution in [0.15, 0.2) is 30.5 Å². The summed E-state index contributed by atoms with van der Waals surface area (Å²) in [7, 11) is 0. The fraction of sp³-hybridized carbons (Fsp3) is 0.143. The van der Waals surface area contributed by atoms with E-state index in [1.165, 1.54) is 18.3 Å². The number of benzene rings is 1. The van der Waals surface area contributed by atoms with Crippen LogP contribution in [-0.2, 0) is 0 Å². The van der Waals surface area contributed by atoms with Gasteiger partial charge in [-0.3, -0.25) is 0 Å². The van der Waals surface area contributed by atoms with Gasteiger partial charge in [-0.15, -0.1) is 0 Å². The van der Waals surface area contributed by atoms with E-state index in [4.69, 9.17) is 21.4 Å². The van der Waals surface area contributed by atoms with Gasteiger partial charge in [0.1, 0.15) is 5.75 Å². The highest BCUT2D eigenvalue weighted by Gasteiger charge is 2.09. The van der Waals surface area contributed by atoms with Crippen LogP contribution in [0.25, 0.3) is 0 Å². The van der Waals surface area contributed by atoms with Crippen molar-refractivity contribution < 1.29 is 14.6 Å². The van der Waals surface area contributed by atoms with Gasteiger partial charge in [0.25, 0.3) is 0 Å². The summed E-state index contributed by atoms with van der Waals surface area (Å²) in [6.45, 7) is 3.78. The number of rotatable bonds is 3. The topological polar surface area (TPSA) is 59.4 Å². The highest BCUT2D eigenvalue weighted by Crippen LogP contribution is 2.30. The lowest BCUT2D eigenvalue weighted by atomic mass is 10.1. The molecule has 4 nitrogen and oxygen atoms in total. The standard InChI is InChI=1S/C14H12ClNO3/c1-8-5-11(15)6-9(2)13(8)19-12-4-3-10(7-16-12)14(17)18/h3-7H,1-2H3,(H,17,18). The number of aryl methyl sites for hydroxylation is 2. The van der Waals surface area contributed by atoms with E-state index < -0.39 is 5.97 Å². The number of halogens is 1. The molecule has 1 heterocycles. The van der Waals surface area contributed by atoms with Gasteiger partial charge < -0.3 is 9.84 Å². The minimum Gasteiger partial charge on any atom is -0.478 e. The molecule has 0 aliphatic carbocycles. The van der Waals surface area contributed by atoms with Crippen LogP contribution in [0.5, 0.6) is 11.6 Å². The van der Waals surface area contributed by atoms with Gasteiger partial charge in [0.2, 0.25) is 5.88 Å². The van der Waals surface area contributed by atoms with Gasteiger partial charge in [0, 0.05) is 17.3 Å². The second-order valence-electron chi connectivity index (χ2n) is 4.16. The van der Waals surface area contributed by atoms with Crippen molar-refractivity contribution in [2.75, 3.05) is 0 Å². The number of carboxylic acids is 1. The molecule has 2 aromatic rings. The van der Waals surface area contributed by atoms with Gasteiger partial charge in [0.05, 0.1) is 5.56 Å². The first kappa shape index (κ1) is 13.4. The zero-order valence-electron chi connectivity index (χ0n) is 10.5. The van der Waals surface area contributed by atoms with E-state index in [0.29, 0.717) is 16.7 Å². The Labute approximate surface area is 115 Å². The summed E-state index contributed by atoms with van der Waals surface area (Å²) in [5, 5.41) is 9.44. The third kappa shape index (κ3) is 3.03. The van der Waals surface area contributed by atoms with Gasteiger partial charge in [-0.05, 0) is 43.2 Å². The van der Waals surface area contributed by atoms with Gasteiger partial charge in [-0.1, -0.05) is 11.6 Å². The second kappa shape index (κ2) is 5.28. The molecule has 2 rings (SSSR count). The number of hydrogen-bond acceptors (Lipinski definition) is 3. The van der Waals surface area contributed by atoms with Crippen LogP contribution in [-0.4, -0.2) is 16.1 Å². The van der Waals surface area contributed by atoms with Crippen LogP contribution in [0.1, 0.15) is 21.5 Å². The first-order valence-corrected chi connectivity index (χ1v) is 5.99. The predicted molar refractivity (Wildman–Crippen MR) is 72.2 cm³/mol. The number of hydrogen-bond donors (Lipinski definition) is 1. The van der Waals surface area contributed by atoms with Crippen molar-refractivity contribution >= 4 is 17.6 Å². The third-order valence-corrected chi connectivity index (χ3v) is 2.83. The highest BCUT2D eigenvalue weighted by atomic mass is 35.5. The van der Waals surface area contributed by atoms with Crippen molar-refractivity contribution in [3.05, 3.63) is 52.2 Å². The predicted octanol–water partition coefficient (Wildman–Crippen LogP) is 3.84. The Morgan fingerprint density at radius 1 is 1.26 bits per heavy atom. The molecule has 0 aliphatic heterocycles. The number of aromatic nitrogens is 1. The number of carbonyl (C=O) groups is 1. The summed E-state index contributed by atoms with van der Waals surface area (Å²) in [5.74, 6) is 0.0106. The maximum absolute atomic E-state index is 10.7. The SMILES string of the molecule is Cc1cc(Cl)cc(C)c1Oc1ccc(C(=O)O)cn1. The maximum Gasteiger partial charge on any atom is 0.337 e. The second-order valence-corrected chi connectivity index (χ2v) is 4.60. The maximum atomic E-state index is 10.7. The van der Waals surface area contributed by atoms with Crippen LogP contribution in [0.2, 0.25) is 5.02 Å². The molecular formula is C14H12ClNO3. The molecule has 1 N–H and O–H groups in total. The molecule has 5 heteroatoms. The lowest BCUT2D eigenvalue weighted by Gasteiger charge is -2.11. The number of pyridine rings is 1. The van der Waals surface area contributed by atoms with E-state index in [1.807, 2.05) is 13.8 Å². The third-order valence-electron chi connectivity index (χ3n) is 2.62. The first-order valence-electron chi connectivity index (χ1n) is 5.61. The Balaban J connectivity index is 2.29. The Bertz CT molecular complexity index is 600. The lowest BCUT2D eigenvalue weighted by Crippen LogP contribution is -1.98. The molecule has 0 saturated carbocycles. The molecule has 1 aromatic carbocycles. The average Bonchev–Trinajstić information content (AvgIpc) is 2.34. The monoisotopic (exact) mass is 277 g/mol. The molecule has 0 aliphatic rings. The van der Waals surface area contributed by atoms with Gasteiger partial charge in [-0.2, -0.15) is 0 Å². The fourth-order valence-electron chi connectivity index (χ4n) is 1.73. The number of aromatic carboxylic acids is 1. The molecule has 1 aromatic heterocycles. The summed E-state index contributed by atoms with van der Waals surface area (Å²) in [4.78, 5) is 14.7. The van der Waals surface area contributed by atoms with E-state index in [9.17, 15) is 4.79 Å². The smallest absolute Gasteiger partial charge is 0.337 e. The van der Waals surface area contributed by atoms with E-state index >= 15 is 0 Å². The fourth-order valence-corrected chi connectivity index (χ4v) is 2.06. The highest BCUT2D eigenvalue weighted by molar-refractivity contribution is 6.30. The summed E-state index contributed by atoms with van der Waals surface area (Å²) < 4.78 is 5.67. The lowest BCUT2D eigenvalue weighted by molar-refractivity contribution is 0.0696. The van der Waals surface area contributed by atoms with E-state index in [-0.39, 0.29) is 5.56 Å². The van der Waals surface area contributed by atoms with Crippen LogP contribution in [0, 0.1) is 13.8 Å². The molecule has 0 amide bonds. The Kier molecular flexibility index (Phi) is 3.71. The van der Waals surface area contributed by atoms with Gasteiger partial charge >= 0.3 is 5.97 Å². The van der Waals surface area contributed by atoms with Crippen LogP contribution < -0.4 is 4.74 Å². The Morgan fingerprint density at radius 2 is 1.89 bits per heavy atom. The van der Waals surface area contributed by atoms with E-state index in [0.717, 1.165) is 11.1 Å². The molecular weight excluding hydrogens is 266 g/mol. The van der Waals surface area contributed by atoms with Crippen molar-refractivity contribution in [2.45, 2.75) is 13.8 Å². The number of carboxylic acid groups (broad SMARTS) is 1. The quantitative estimate of drug-likeness (QED) is 0.926. The van der Waals surface area contributed by atoms with Crippen LogP contribution in [0.3, 0.4) is 0 Å². The molecule has 0 radical (unpaired) electrons. The average molecular weight is 278 g/mol. The Morgan fingerprint density at radius 3 is 2.37 bits per heavy atom. The number of ether oxygens (including phenoxy) is 1. The van der Waals surface area contributed by atoms with Gasteiger partial charge in [-0.25, -0.2) is 9.78 Å². The summed E-state index contributed by atoms with van der Waals surface area (Å²) in [5.41, 5.74) is 1.92. The van der Waals surface area contributed by atoms with Crippen molar-refractivity contribution in [3.8, 4) is 11.6 Å².